The van der Waals surface area contributed by atoms with Gasteiger partial charge in [0.1, 0.15) is 0 Å². The van der Waals surface area contributed by atoms with E-state index in [4.69, 9.17) is 14.2 Å². The number of amides is 1. The summed E-state index contributed by atoms with van der Waals surface area (Å²) in [6, 6.07) is 12.8. The van der Waals surface area contributed by atoms with Gasteiger partial charge in [-0.3, -0.25) is 9.89 Å². The second-order valence-corrected chi connectivity index (χ2v) is 6.29. The van der Waals surface area contributed by atoms with Crippen molar-refractivity contribution in [3.63, 3.8) is 0 Å². The normalized spacial score (nSPS) is 12.2. The SMILES string of the molecule is CCN(Cc1ccc2c(c1)OCO2)C(=O)COC(=O)c1n[nH]c2ccccc12. The monoisotopic (exact) mass is 381 g/mol. The van der Waals surface area contributed by atoms with Crippen LogP contribution < -0.4 is 9.47 Å². The van der Waals surface area contributed by atoms with Crippen LogP contribution in [0.15, 0.2) is 42.5 Å². The molecule has 0 atom stereocenters. The Labute approximate surface area is 161 Å². The molecule has 0 aliphatic carbocycles. The number of benzene rings is 2. The molecule has 2 aromatic carbocycles. The van der Waals surface area contributed by atoms with Crippen LogP contribution in [-0.4, -0.2) is 46.9 Å². The highest BCUT2D eigenvalue weighted by molar-refractivity contribution is 6.02. The van der Waals surface area contributed by atoms with Crippen LogP contribution in [-0.2, 0) is 16.1 Å². The van der Waals surface area contributed by atoms with Crippen molar-refractivity contribution in [2.24, 2.45) is 0 Å². The van der Waals surface area contributed by atoms with Crippen LogP contribution in [0, 0.1) is 0 Å². The molecule has 0 bridgehead atoms. The molecule has 28 heavy (non-hydrogen) atoms. The van der Waals surface area contributed by atoms with Gasteiger partial charge in [0.25, 0.3) is 5.91 Å². The summed E-state index contributed by atoms with van der Waals surface area (Å²) in [4.78, 5) is 26.4. The lowest BCUT2D eigenvalue weighted by Gasteiger charge is -2.21. The van der Waals surface area contributed by atoms with Crippen LogP contribution >= 0.6 is 0 Å². The van der Waals surface area contributed by atoms with Gasteiger partial charge in [0, 0.05) is 18.5 Å². The first kappa shape index (κ1) is 17.8. The first-order chi connectivity index (χ1) is 13.7. The molecule has 1 aliphatic rings. The fourth-order valence-electron chi connectivity index (χ4n) is 3.04. The van der Waals surface area contributed by atoms with E-state index in [0.29, 0.717) is 30.0 Å². The number of ether oxygens (including phenoxy) is 3. The Morgan fingerprint density at radius 2 is 2.00 bits per heavy atom. The zero-order chi connectivity index (χ0) is 19.5. The molecule has 1 amide bonds. The number of fused-ring (bicyclic) bond motifs is 2. The molecule has 0 saturated carbocycles. The van der Waals surface area contributed by atoms with E-state index in [1.54, 1.807) is 11.0 Å². The Morgan fingerprint density at radius 1 is 1.18 bits per heavy atom. The number of carbonyl (C=O) groups is 2. The summed E-state index contributed by atoms with van der Waals surface area (Å²) >= 11 is 0. The number of likely N-dealkylation sites (N-methyl/N-ethyl adjacent to an activating group) is 1. The number of esters is 1. The number of H-pyrrole nitrogens is 1. The summed E-state index contributed by atoms with van der Waals surface area (Å²) in [7, 11) is 0. The third kappa shape index (κ3) is 3.48. The van der Waals surface area contributed by atoms with Crippen LogP contribution in [0.1, 0.15) is 23.0 Å². The van der Waals surface area contributed by atoms with Crippen molar-refractivity contribution < 1.29 is 23.8 Å². The van der Waals surface area contributed by atoms with Gasteiger partial charge in [-0.05, 0) is 30.7 Å². The van der Waals surface area contributed by atoms with Gasteiger partial charge in [0.15, 0.2) is 23.8 Å². The minimum atomic E-state index is -0.634. The van der Waals surface area contributed by atoms with Crippen LogP contribution in [0.25, 0.3) is 10.9 Å². The van der Waals surface area contributed by atoms with Crippen molar-refractivity contribution in [1.82, 2.24) is 15.1 Å². The van der Waals surface area contributed by atoms with E-state index in [-0.39, 0.29) is 25.0 Å². The smallest absolute Gasteiger partial charge is 0.359 e. The third-order valence-electron chi connectivity index (χ3n) is 4.54. The Balaban J connectivity index is 1.38. The number of carbonyl (C=O) groups excluding carboxylic acids is 2. The van der Waals surface area contributed by atoms with Crippen LogP contribution in [0.3, 0.4) is 0 Å². The molecule has 0 unspecified atom stereocenters. The number of hydrogen-bond acceptors (Lipinski definition) is 6. The van der Waals surface area contributed by atoms with Crippen LogP contribution in [0.4, 0.5) is 0 Å². The zero-order valence-electron chi connectivity index (χ0n) is 15.3. The molecule has 4 rings (SSSR count). The van der Waals surface area contributed by atoms with E-state index in [0.717, 1.165) is 11.1 Å². The van der Waals surface area contributed by atoms with Crippen molar-refractivity contribution in [3.8, 4) is 11.5 Å². The highest BCUT2D eigenvalue weighted by Crippen LogP contribution is 2.32. The molecule has 1 aromatic heterocycles. The average Bonchev–Trinajstić information content (AvgIpc) is 3.36. The van der Waals surface area contributed by atoms with E-state index < -0.39 is 5.97 Å². The average molecular weight is 381 g/mol. The van der Waals surface area contributed by atoms with Crippen molar-refractivity contribution in [1.29, 1.82) is 0 Å². The Morgan fingerprint density at radius 3 is 2.86 bits per heavy atom. The van der Waals surface area contributed by atoms with E-state index in [1.165, 1.54) is 0 Å². The zero-order valence-corrected chi connectivity index (χ0v) is 15.3. The third-order valence-corrected chi connectivity index (χ3v) is 4.54. The first-order valence-corrected chi connectivity index (χ1v) is 8.92. The lowest BCUT2D eigenvalue weighted by molar-refractivity contribution is -0.134. The molecular formula is C20H19N3O5. The molecule has 1 aliphatic heterocycles. The molecule has 8 heteroatoms. The molecule has 3 aromatic rings. The van der Waals surface area contributed by atoms with Crippen LogP contribution in [0.2, 0.25) is 0 Å². The molecule has 8 nitrogen and oxygen atoms in total. The highest BCUT2D eigenvalue weighted by Gasteiger charge is 2.20. The maximum Gasteiger partial charge on any atom is 0.359 e. The maximum absolute atomic E-state index is 12.5. The molecule has 0 saturated heterocycles. The van der Waals surface area contributed by atoms with Gasteiger partial charge in [-0.25, -0.2) is 4.79 Å². The maximum atomic E-state index is 12.5. The fraction of sp³-hybridized carbons (Fsp3) is 0.250. The number of aromatic amines is 1. The largest absolute Gasteiger partial charge is 0.454 e. The molecule has 2 heterocycles. The minimum absolute atomic E-state index is 0.169. The number of para-hydroxylation sites is 1. The van der Waals surface area contributed by atoms with Crippen molar-refractivity contribution >= 4 is 22.8 Å². The highest BCUT2D eigenvalue weighted by atomic mass is 16.7. The van der Waals surface area contributed by atoms with Gasteiger partial charge >= 0.3 is 5.97 Å². The number of rotatable bonds is 6. The molecule has 144 valence electrons. The molecule has 0 fully saturated rings. The summed E-state index contributed by atoms with van der Waals surface area (Å²) in [5.74, 6) is 0.439. The number of nitrogens with one attached hydrogen (secondary N) is 1. The number of hydrogen-bond donors (Lipinski definition) is 1. The molecule has 1 N–H and O–H groups in total. The standard InChI is InChI=1S/C20H19N3O5/c1-2-23(10-13-7-8-16-17(9-13)28-12-27-16)18(24)11-26-20(25)19-14-5-3-4-6-15(14)21-22-19/h3-9H,2,10-12H2,1H3,(H,21,22). The second kappa shape index (κ2) is 7.59. The number of nitrogens with zero attached hydrogens (tertiary/aromatic N) is 2. The van der Waals surface area contributed by atoms with Gasteiger partial charge in [0.2, 0.25) is 6.79 Å². The summed E-state index contributed by atoms with van der Waals surface area (Å²) in [5, 5.41) is 7.42. The summed E-state index contributed by atoms with van der Waals surface area (Å²) in [6.45, 7) is 2.59. The summed E-state index contributed by atoms with van der Waals surface area (Å²) in [5.41, 5.74) is 1.81. The number of aromatic nitrogens is 2. The topological polar surface area (TPSA) is 93.8 Å². The fourth-order valence-corrected chi connectivity index (χ4v) is 3.04. The molecule has 0 radical (unpaired) electrons. The lowest BCUT2D eigenvalue weighted by atomic mass is 10.2. The van der Waals surface area contributed by atoms with Crippen molar-refractivity contribution in [2.45, 2.75) is 13.5 Å². The van der Waals surface area contributed by atoms with Crippen LogP contribution in [0.5, 0.6) is 11.5 Å². The Kier molecular flexibility index (Phi) is 4.84. The van der Waals surface area contributed by atoms with E-state index in [1.807, 2.05) is 43.3 Å². The molecular weight excluding hydrogens is 362 g/mol. The summed E-state index contributed by atoms with van der Waals surface area (Å²) < 4.78 is 15.9. The molecule has 0 spiro atoms. The predicted octanol–water partition coefficient (Wildman–Crippen LogP) is 2.50. The van der Waals surface area contributed by atoms with E-state index in [2.05, 4.69) is 10.2 Å². The van der Waals surface area contributed by atoms with Gasteiger partial charge in [-0.1, -0.05) is 24.3 Å². The van der Waals surface area contributed by atoms with E-state index >= 15 is 0 Å². The lowest BCUT2D eigenvalue weighted by Crippen LogP contribution is -2.34. The van der Waals surface area contributed by atoms with Gasteiger partial charge in [-0.15, -0.1) is 0 Å². The second-order valence-electron chi connectivity index (χ2n) is 6.29. The van der Waals surface area contributed by atoms with Gasteiger partial charge < -0.3 is 19.1 Å². The van der Waals surface area contributed by atoms with Gasteiger partial charge in [-0.2, -0.15) is 5.10 Å². The first-order valence-electron chi connectivity index (χ1n) is 8.92. The van der Waals surface area contributed by atoms with Crippen molar-refractivity contribution in [2.75, 3.05) is 19.9 Å². The van der Waals surface area contributed by atoms with Gasteiger partial charge in [0.05, 0.1) is 5.52 Å². The van der Waals surface area contributed by atoms with Crippen molar-refractivity contribution in [3.05, 3.63) is 53.7 Å². The Hall–Kier alpha value is -3.55. The predicted molar refractivity (Wildman–Crippen MR) is 100 cm³/mol. The minimum Gasteiger partial charge on any atom is -0.454 e. The summed E-state index contributed by atoms with van der Waals surface area (Å²) in [6.07, 6.45) is 0. The quantitative estimate of drug-likeness (QED) is 0.660. The Bertz CT molecular complexity index is 1030. The van der Waals surface area contributed by atoms with E-state index in [9.17, 15) is 9.59 Å².